The van der Waals surface area contributed by atoms with Gasteiger partial charge in [-0.2, -0.15) is 0 Å². The van der Waals surface area contributed by atoms with E-state index >= 15 is 0 Å². The average Bonchev–Trinajstić information content (AvgIpc) is 2.89. The topological polar surface area (TPSA) is 114 Å². The highest BCUT2D eigenvalue weighted by molar-refractivity contribution is 9.10. The third-order valence-electron chi connectivity index (χ3n) is 3.06. The SMILES string of the molecule is N/C(=N/O)c1ccc(Br)cc1NS(=O)(=O)CC1CCCO1. The fourth-order valence-electron chi connectivity index (χ4n) is 2.11. The molecule has 1 fully saturated rings. The fourth-order valence-corrected chi connectivity index (χ4v) is 3.81. The lowest BCUT2D eigenvalue weighted by molar-refractivity contribution is 0.127. The van der Waals surface area contributed by atoms with Crippen LogP contribution in [0.3, 0.4) is 0 Å². The van der Waals surface area contributed by atoms with Gasteiger partial charge in [-0.15, -0.1) is 0 Å². The first kappa shape index (κ1) is 16.1. The van der Waals surface area contributed by atoms with E-state index in [4.69, 9.17) is 15.7 Å². The second-order valence-electron chi connectivity index (χ2n) is 4.69. The Hall–Kier alpha value is -1.32. The minimum Gasteiger partial charge on any atom is -0.409 e. The quantitative estimate of drug-likeness (QED) is 0.311. The molecule has 0 bridgehead atoms. The van der Waals surface area contributed by atoms with E-state index in [-0.39, 0.29) is 23.4 Å². The summed E-state index contributed by atoms with van der Waals surface area (Å²) in [7, 11) is -3.59. The Balaban J connectivity index is 2.23. The Bertz CT molecular complexity index is 642. The molecular weight excluding hydrogens is 362 g/mol. The van der Waals surface area contributed by atoms with E-state index in [0.717, 1.165) is 12.8 Å². The van der Waals surface area contributed by atoms with E-state index in [2.05, 4.69) is 25.8 Å². The van der Waals surface area contributed by atoms with E-state index in [0.29, 0.717) is 16.6 Å². The molecule has 9 heteroatoms. The molecule has 1 aromatic rings. The molecule has 0 spiro atoms. The Kier molecular flexibility index (Phi) is 5.07. The molecule has 1 saturated heterocycles. The number of rotatable bonds is 5. The zero-order chi connectivity index (χ0) is 15.5. The van der Waals surface area contributed by atoms with E-state index < -0.39 is 10.0 Å². The van der Waals surface area contributed by atoms with Crippen molar-refractivity contribution in [3.63, 3.8) is 0 Å². The van der Waals surface area contributed by atoms with Gasteiger partial charge in [0.1, 0.15) is 0 Å². The summed E-state index contributed by atoms with van der Waals surface area (Å²) in [5.41, 5.74) is 6.10. The van der Waals surface area contributed by atoms with Crippen molar-refractivity contribution in [3.8, 4) is 0 Å². The standard InChI is InChI=1S/C12H16BrN3O4S/c13-8-3-4-10(12(14)15-17)11(6-8)16-21(18,19)7-9-2-1-5-20-9/h3-4,6,9,16-17H,1-2,5,7H2,(H2,14,15). The average molecular weight is 378 g/mol. The van der Waals surface area contributed by atoms with Crippen LogP contribution in [0.25, 0.3) is 0 Å². The molecule has 1 unspecified atom stereocenters. The largest absolute Gasteiger partial charge is 0.409 e. The van der Waals surface area contributed by atoms with Crippen LogP contribution in [-0.4, -0.2) is 37.9 Å². The van der Waals surface area contributed by atoms with Crippen LogP contribution in [0.2, 0.25) is 0 Å². The molecule has 1 atom stereocenters. The van der Waals surface area contributed by atoms with E-state index in [1.54, 1.807) is 18.2 Å². The zero-order valence-corrected chi connectivity index (χ0v) is 13.5. The second-order valence-corrected chi connectivity index (χ2v) is 7.38. The van der Waals surface area contributed by atoms with Crippen molar-refractivity contribution < 1.29 is 18.4 Å². The van der Waals surface area contributed by atoms with Crippen molar-refractivity contribution in [1.82, 2.24) is 0 Å². The molecule has 1 aliphatic rings. The maximum absolute atomic E-state index is 12.2. The summed E-state index contributed by atoms with van der Waals surface area (Å²) in [4.78, 5) is 0. The van der Waals surface area contributed by atoms with E-state index in [9.17, 15) is 8.42 Å². The third-order valence-corrected chi connectivity index (χ3v) is 4.89. The third kappa shape index (κ3) is 4.32. The number of nitrogens with zero attached hydrogens (tertiary/aromatic N) is 1. The zero-order valence-electron chi connectivity index (χ0n) is 11.1. The maximum Gasteiger partial charge on any atom is 0.235 e. The molecule has 1 heterocycles. The Morgan fingerprint density at radius 1 is 1.57 bits per heavy atom. The number of nitrogens with one attached hydrogen (secondary N) is 1. The summed E-state index contributed by atoms with van der Waals surface area (Å²) in [6.45, 7) is 0.590. The van der Waals surface area contributed by atoms with Gasteiger partial charge in [0.2, 0.25) is 10.0 Å². The fraction of sp³-hybridized carbons (Fsp3) is 0.417. The summed E-state index contributed by atoms with van der Waals surface area (Å²) in [5.74, 6) is -0.285. The Morgan fingerprint density at radius 2 is 2.33 bits per heavy atom. The number of amidine groups is 1. The first-order valence-corrected chi connectivity index (χ1v) is 8.75. The first-order valence-electron chi connectivity index (χ1n) is 6.31. The number of benzene rings is 1. The molecular formula is C12H16BrN3O4S. The number of ether oxygens (including phenoxy) is 1. The van der Waals surface area contributed by atoms with Crippen molar-refractivity contribution in [1.29, 1.82) is 0 Å². The highest BCUT2D eigenvalue weighted by atomic mass is 79.9. The summed E-state index contributed by atoms with van der Waals surface area (Å²) in [5, 5.41) is 11.7. The molecule has 2 rings (SSSR count). The molecule has 7 nitrogen and oxygen atoms in total. The van der Waals surface area contributed by atoms with Gasteiger partial charge in [-0.1, -0.05) is 21.1 Å². The van der Waals surface area contributed by atoms with Crippen LogP contribution in [0.4, 0.5) is 5.69 Å². The minimum absolute atomic E-state index is 0.116. The number of oxime groups is 1. The van der Waals surface area contributed by atoms with Crippen LogP contribution in [0.15, 0.2) is 27.8 Å². The number of anilines is 1. The first-order chi connectivity index (χ1) is 9.91. The smallest absolute Gasteiger partial charge is 0.235 e. The van der Waals surface area contributed by atoms with Crippen LogP contribution in [0.1, 0.15) is 18.4 Å². The van der Waals surface area contributed by atoms with Gasteiger partial charge in [0.05, 0.1) is 17.5 Å². The van der Waals surface area contributed by atoms with Gasteiger partial charge < -0.3 is 15.7 Å². The van der Waals surface area contributed by atoms with Crippen molar-refractivity contribution in [2.24, 2.45) is 10.9 Å². The predicted molar refractivity (Wildman–Crippen MR) is 83.0 cm³/mol. The van der Waals surface area contributed by atoms with E-state index in [1.165, 1.54) is 0 Å². The van der Waals surface area contributed by atoms with Gasteiger partial charge in [-0.25, -0.2) is 8.42 Å². The number of nitrogens with two attached hydrogens (primary N) is 1. The Morgan fingerprint density at radius 3 is 2.95 bits per heavy atom. The van der Waals surface area contributed by atoms with Gasteiger partial charge in [-0.05, 0) is 31.0 Å². The van der Waals surface area contributed by atoms with Gasteiger partial charge in [-0.3, -0.25) is 4.72 Å². The molecule has 0 saturated carbocycles. The Labute approximate surface area is 131 Å². The van der Waals surface area contributed by atoms with Crippen molar-refractivity contribution in [2.75, 3.05) is 17.1 Å². The van der Waals surface area contributed by atoms with Crippen molar-refractivity contribution in [3.05, 3.63) is 28.2 Å². The molecule has 4 N–H and O–H groups in total. The van der Waals surface area contributed by atoms with Crippen LogP contribution >= 0.6 is 15.9 Å². The van der Waals surface area contributed by atoms with Crippen LogP contribution in [0, 0.1) is 0 Å². The van der Waals surface area contributed by atoms with Crippen molar-refractivity contribution in [2.45, 2.75) is 18.9 Å². The van der Waals surface area contributed by atoms with Crippen LogP contribution in [-0.2, 0) is 14.8 Å². The summed E-state index contributed by atoms with van der Waals surface area (Å²) >= 11 is 3.26. The lowest BCUT2D eigenvalue weighted by atomic mass is 10.2. The molecule has 0 amide bonds. The van der Waals surface area contributed by atoms with Gasteiger partial charge in [0, 0.05) is 16.6 Å². The summed E-state index contributed by atoms with van der Waals surface area (Å²) < 4.78 is 32.8. The lowest BCUT2D eigenvalue weighted by Crippen LogP contribution is -2.27. The number of halogens is 1. The molecule has 116 valence electrons. The van der Waals surface area contributed by atoms with E-state index in [1.807, 2.05) is 0 Å². The molecule has 0 aromatic heterocycles. The number of hydrogen-bond donors (Lipinski definition) is 3. The monoisotopic (exact) mass is 377 g/mol. The van der Waals surface area contributed by atoms with Crippen molar-refractivity contribution >= 4 is 37.5 Å². The molecule has 0 radical (unpaired) electrons. The number of hydrogen-bond acceptors (Lipinski definition) is 5. The molecule has 1 aliphatic heterocycles. The predicted octanol–water partition coefficient (Wildman–Crippen LogP) is 1.46. The van der Waals surface area contributed by atoms with Gasteiger partial charge >= 0.3 is 0 Å². The second kappa shape index (κ2) is 6.63. The molecule has 0 aliphatic carbocycles. The highest BCUT2D eigenvalue weighted by Crippen LogP contribution is 2.23. The number of sulfonamides is 1. The summed E-state index contributed by atoms with van der Waals surface area (Å²) in [6.07, 6.45) is 1.31. The summed E-state index contributed by atoms with van der Waals surface area (Å²) in [6, 6.07) is 4.79. The normalized spacial score (nSPS) is 19.7. The van der Waals surface area contributed by atoms with Gasteiger partial charge in [0.25, 0.3) is 0 Å². The van der Waals surface area contributed by atoms with Crippen LogP contribution in [0.5, 0.6) is 0 Å². The maximum atomic E-state index is 12.2. The lowest BCUT2D eigenvalue weighted by Gasteiger charge is -2.14. The molecule has 21 heavy (non-hydrogen) atoms. The highest BCUT2D eigenvalue weighted by Gasteiger charge is 2.24. The van der Waals surface area contributed by atoms with Gasteiger partial charge in [0.15, 0.2) is 5.84 Å². The minimum atomic E-state index is -3.59. The molecule has 1 aromatic carbocycles. The van der Waals surface area contributed by atoms with Crippen LogP contribution < -0.4 is 10.5 Å².